The van der Waals surface area contributed by atoms with Gasteiger partial charge in [0.05, 0.1) is 0 Å². The first-order valence-corrected chi connectivity index (χ1v) is 9.50. The highest BCUT2D eigenvalue weighted by atomic mass is 127. The maximum Gasteiger partial charge on any atom is 0.251 e. The Morgan fingerprint density at radius 1 is 1.07 bits per heavy atom. The molecule has 1 aromatic heterocycles. The van der Waals surface area contributed by atoms with Crippen molar-refractivity contribution in [3.05, 3.63) is 53.9 Å². The first kappa shape index (κ1) is 22.9. The van der Waals surface area contributed by atoms with E-state index in [9.17, 15) is 4.79 Å². The van der Waals surface area contributed by atoms with Crippen molar-refractivity contribution in [2.45, 2.75) is 6.92 Å². The molecule has 0 bridgehead atoms. The van der Waals surface area contributed by atoms with Gasteiger partial charge in [-0.2, -0.15) is 0 Å². The van der Waals surface area contributed by atoms with Gasteiger partial charge in [0, 0.05) is 64.3 Å². The molecular weight excluding hydrogens is 481 g/mol. The summed E-state index contributed by atoms with van der Waals surface area (Å²) in [5.74, 6) is 1.55. The Labute approximate surface area is 188 Å². The number of hydrogen-bond donors (Lipinski definition) is 2. The van der Waals surface area contributed by atoms with Gasteiger partial charge < -0.3 is 20.4 Å². The van der Waals surface area contributed by atoms with E-state index >= 15 is 0 Å². The van der Waals surface area contributed by atoms with Crippen LogP contribution >= 0.6 is 24.0 Å². The largest absolute Gasteiger partial charge is 0.354 e. The lowest BCUT2D eigenvalue weighted by atomic mass is 10.1. The molecule has 29 heavy (non-hydrogen) atoms. The number of benzene rings is 1. The molecule has 1 aliphatic heterocycles. The van der Waals surface area contributed by atoms with Crippen LogP contribution in [0, 0.1) is 6.92 Å². The molecule has 0 saturated carbocycles. The number of aryl methyl sites for hydroxylation is 1. The smallest absolute Gasteiger partial charge is 0.251 e. The molecule has 0 unspecified atom stereocenters. The van der Waals surface area contributed by atoms with Crippen LogP contribution in [0.3, 0.4) is 0 Å². The predicted octanol–water partition coefficient (Wildman–Crippen LogP) is 1.53. The number of anilines is 1. The van der Waals surface area contributed by atoms with Crippen molar-refractivity contribution in [1.29, 1.82) is 0 Å². The quantitative estimate of drug-likeness (QED) is 0.275. The molecule has 0 aliphatic carbocycles. The monoisotopic (exact) mass is 509 g/mol. The highest BCUT2D eigenvalue weighted by Gasteiger charge is 2.20. The number of rotatable bonds is 5. The number of aliphatic imine (C=N–C) groups is 1. The summed E-state index contributed by atoms with van der Waals surface area (Å²) in [6.45, 7) is 6.49. The summed E-state index contributed by atoms with van der Waals surface area (Å²) >= 11 is 0. The molecule has 2 heterocycles. The zero-order chi connectivity index (χ0) is 19.8. The summed E-state index contributed by atoms with van der Waals surface area (Å²) in [7, 11) is 1.78. The summed E-state index contributed by atoms with van der Waals surface area (Å²) in [5.41, 5.74) is 1.76. The minimum Gasteiger partial charge on any atom is -0.354 e. The Hall–Kier alpha value is -2.43. The van der Waals surface area contributed by atoms with Crippen LogP contribution in [0.15, 0.2) is 47.7 Å². The molecule has 0 radical (unpaired) electrons. The van der Waals surface area contributed by atoms with E-state index in [1.54, 1.807) is 19.4 Å². The van der Waals surface area contributed by atoms with Gasteiger partial charge in [-0.1, -0.05) is 17.7 Å². The predicted molar refractivity (Wildman–Crippen MR) is 126 cm³/mol. The normalized spacial score (nSPS) is 14.2. The Morgan fingerprint density at radius 3 is 2.41 bits per heavy atom. The van der Waals surface area contributed by atoms with Crippen LogP contribution in [0.25, 0.3) is 0 Å². The molecular formula is C20H28IN7O. The van der Waals surface area contributed by atoms with Crippen molar-refractivity contribution in [1.82, 2.24) is 25.5 Å². The van der Waals surface area contributed by atoms with E-state index in [-0.39, 0.29) is 29.9 Å². The molecule has 156 valence electrons. The first-order valence-electron chi connectivity index (χ1n) is 9.50. The number of guanidine groups is 1. The van der Waals surface area contributed by atoms with Gasteiger partial charge in [0.25, 0.3) is 5.91 Å². The third-order valence-electron chi connectivity index (χ3n) is 4.60. The van der Waals surface area contributed by atoms with E-state index in [0.717, 1.165) is 43.7 Å². The van der Waals surface area contributed by atoms with E-state index in [0.29, 0.717) is 18.7 Å². The molecule has 9 heteroatoms. The van der Waals surface area contributed by atoms with Gasteiger partial charge in [-0.05, 0) is 25.1 Å². The summed E-state index contributed by atoms with van der Waals surface area (Å²) in [4.78, 5) is 29.6. The van der Waals surface area contributed by atoms with Gasteiger partial charge in [0.1, 0.15) is 0 Å². The van der Waals surface area contributed by atoms with Gasteiger partial charge >= 0.3 is 0 Å². The number of nitrogens with one attached hydrogen (secondary N) is 2. The second kappa shape index (κ2) is 11.5. The van der Waals surface area contributed by atoms with Crippen LogP contribution in [0.1, 0.15) is 15.9 Å². The molecule has 2 N–H and O–H groups in total. The molecule has 1 aliphatic rings. The fraction of sp³-hybridized carbons (Fsp3) is 0.400. The van der Waals surface area contributed by atoms with E-state index in [1.165, 1.54) is 0 Å². The summed E-state index contributed by atoms with van der Waals surface area (Å²) in [5, 5.41) is 6.26. The molecule has 1 saturated heterocycles. The standard InChI is InChI=1S/C20H27N7O.HI/c1-16-5-3-6-17(15-16)18(28)22-9-10-25-19(21-2)26-11-13-27(14-12-26)20-23-7-4-8-24-20;/h3-8,15H,9-14H2,1-2H3,(H,21,25)(H,22,28);1H. The maximum atomic E-state index is 12.2. The van der Waals surface area contributed by atoms with Gasteiger partial charge in [0.15, 0.2) is 5.96 Å². The molecule has 1 amide bonds. The number of amides is 1. The second-order valence-electron chi connectivity index (χ2n) is 6.62. The number of nitrogens with zero attached hydrogens (tertiary/aromatic N) is 5. The third kappa shape index (κ3) is 6.55. The molecule has 3 rings (SSSR count). The highest BCUT2D eigenvalue weighted by molar-refractivity contribution is 14.0. The third-order valence-corrected chi connectivity index (χ3v) is 4.60. The molecule has 2 aromatic rings. The molecule has 8 nitrogen and oxygen atoms in total. The molecule has 1 fully saturated rings. The number of piperazine rings is 1. The first-order chi connectivity index (χ1) is 13.7. The maximum absolute atomic E-state index is 12.2. The van der Waals surface area contributed by atoms with E-state index in [4.69, 9.17) is 0 Å². The van der Waals surface area contributed by atoms with Crippen LogP contribution in [0.5, 0.6) is 0 Å². The SMILES string of the molecule is CN=C(NCCNC(=O)c1cccc(C)c1)N1CCN(c2ncccn2)CC1.I. The molecule has 0 atom stereocenters. The van der Waals surface area contributed by atoms with Crippen LogP contribution in [-0.2, 0) is 0 Å². The van der Waals surface area contributed by atoms with Gasteiger partial charge in [-0.3, -0.25) is 9.79 Å². The highest BCUT2D eigenvalue weighted by Crippen LogP contribution is 2.09. The van der Waals surface area contributed by atoms with Crippen molar-refractivity contribution >= 4 is 41.8 Å². The second-order valence-corrected chi connectivity index (χ2v) is 6.62. The minimum absolute atomic E-state index is 0. The summed E-state index contributed by atoms with van der Waals surface area (Å²) in [6, 6.07) is 9.40. The lowest BCUT2D eigenvalue weighted by molar-refractivity contribution is 0.0954. The van der Waals surface area contributed by atoms with E-state index in [2.05, 4.69) is 35.4 Å². The van der Waals surface area contributed by atoms with Gasteiger partial charge in [0.2, 0.25) is 5.95 Å². The fourth-order valence-corrected chi connectivity index (χ4v) is 3.14. The molecule has 1 aromatic carbocycles. The fourth-order valence-electron chi connectivity index (χ4n) is 3.14. The summed E-state index contributed by atoms with van der Waals surface area (Å²) in [6.07, 6.45) is 3.53. The zero-order valence-electron chi connectivity index (χ0n) is 16.8. The number of halogens is 1. The Balaban J connectivity index is 0.00000300. The van der Waals surface area contributed by atoms with Gasteiger partial charge in [-0.25, -0.2) is 9.97 Å². The number of carbonyl (C=O) groups excluding carboxylic acids is 1. The van der Waals surface area contributed by atoms with Crippen molar-refractivity contribution in [2.24, 2.45) is 4.99 Å². The number of aromatic nitrogens is 2. The summed E-state index contributed by atoms with van der Waals surface area (Å²) < 4.78 is 0. The Bertz CT molecular complexity index is 807. The Morgan fingerprint density at radius 2 is 1.76 bits per heavy atom. The van der Waals surface area contributed by atoms with Crippen LogP contribution in [-0.4, -0.2) is 73.1 Å². The van der Waals surface area contributed by atoms with Gasteiger partial charge in [-0.15, -0.1) is 24.0 Å². The average molecular weight is 509 g/mol. The average Bonchev–Trinajstić information content (AvgIpc) is 2.74. The lowest BCUT2D eigenvalue weighted by Crippen LogP contribution is -2.53. The number of carbonyl (C=O) groups is 1. The minimum atomic E-state index is -0.0584. The van der Waals surface area contributed by atoms with Crippen molar-refractivity contribution in [2.75, 3.05) is 51.2 Å². The van der Waals surface area contributed by atoms with E-state index < -0.39 is 0 Å². The van der Waals surface area contributed by atoms with Crippen molar-refractivity contribution in [3.8, 4) is 0 Å². The molecule has 0 spiro atoms. The number of hydrogen-bond acceptors (Lipinski definition) is 5. The van der Waals surface area contributed by atoms with E-state index in [1.807, 2.05) is 37.3 Å². The van der Waals surface area contributed by atoms with Crippen molar-refractivity contribution < 1.29 is 4.79 Å². The lowest BCUT2D eigenvalue weighted by Gasteiger charge is -2.36. The van der Waals surface area contributed by atoms with Crippen LogP contribution in [0.4, 0.5) is 5.95 Å². The zero-order valence-corrected chi connectivity index (χ0v) is 19.2. The topological polar surface area (TPSA) is 85.8 Å². The Kier molecular flexibility index (Phi) is 9.10. The van der Waals surface area contributed by atoms with Crippen molar-refractivity contribution in [3.63, 3.8) is 0 Å². The van der Waals surface area contributed by atoms with Crippen LogP contribution in [0.2, 0.25) is 0 Å². The van der Waals surface area contributed by atoms with Crippen LogP contribution < -0.4 is 15.5 Å².